The van der Waals surface area contributed by atoms with Crippen molar-refractivity contribution in [3.63, 3.8) is 0 Å². The second-order valence-corrected chi connectivity index (χ2v) is 8.88. The Morgan fingerprint density at radius 1 is 0.444 bits per heavy atom. The Labute approximate surface area is 259 Å². The Kier molecular flexibility index (Phi) is 13.7. The van der Waals surface area contributed by atoms with Crippen molar-refractivity contribution in [2.45, 2.75) is 0 Å². The molecule has 0 aromatic heterocycles. The molecule has 0 heterocycles. The molecule has 0 aliphatic carbocycles. The molecule has 0 saturated carbocycles. The van der Waals surface area contributed by atoms with Crippen molar-refractivity contribution in [1.29, 1.82) is 0 Å². The van der Waals surface area contributed by atoms with Gasteiger partial charge in [0.1, 0.15) is 11.3 Å². The van der Waals surface area contributed by atoms with Crippen LogP contribution in [0.4, 0.5) is 22.7 Å². The van der Waals surface area contributed by atoms with Crippen LogP contribution in [-0.2, 0) is 0 Å². The van der Waals surface area contributed by atoms with Crippen LogP contribution < -0.4 is 22.9 Å². The summed E-state index contributed by atoms with van der Waals surface area (Å²) in [5.74, 6) is -6.03. The summed E-state index contributed by atoms with van der Waals surface area (Å²) in [6, 6.07) is 17.8. The van der Waals surface area contributed by atoms with Crippen LogP contribution in [0.5, 0.6) is 5.75 Å². The van der Waals surface area contributed by atoms with E-state index in [1.807, 2.05) is 0 Å². The Balaban J connectivity index is 0.000000301. The van der Waals surface area contributed by atoms with Crippen molar-refractivity contribution in [1.82, 2.24) is 0 Å². The summed E-state index contributed by atoms with van der Waals surface area (Å²) in [6.45, 7) is 0. The topological polar surface area (TPSA) is 311 Å². The van der Waals surface area contributed by atoms with E-state index in [1.54, 1.807) is 12.1 Å². The predicted octanol–water partition coefficient (Wildman–Crippen LogP) is 3.93. The smallest absolute Gasteiger partial charge is 0.339 e. The maximum absolute atomic E-state index is 10.6. The lowest BCUT2D eigenvalue weighted by Crippen LogP contribution is -2.08. The molecule has 45 heavy (non-hydrogen) atoms. The van der Waals surface area contributed by atoms with Gasteiger partial charge in [-0.2, -0.15) is 0 Å². The molecule has 0 fully saturated rings. The number of carboxylic acid groups (broad SMARTS) is 5. The molecule has 4 rings (SSSR count). The maximum atomic E-state index is 10.6. The fraction of sp³-hybridized carbons (Fsp3) is 0. The monoisotopic (exact) mass is 642 g/mol. The van der Waals surface area contributed by atoms with Crippen LogP contribution in [0.3, 0.4) is 0 Å². The van der Waals surface area contributed by atoms with E-state index in [4.69, 9.17) is 65.2 Å². The third kappa shape index (κ3) is 12.1. The fourth-order valence-electron chi connectivity index (χ4n) is 2.99. The number of hydrogen-bond acceptors (Lipinski definition) is 10. The van der Waals surface area contributed by atoms with E-state index in [9.17, 15) is 24.0 Å². The van der Waals surface area contributed by atoms with E-state index in [0.29, 0.717) is 17.1 Å². The molecule has 0 spiro atoms. The van der Waals surface area contributed by atoms with Gasteiger partial charge < -0.3 is 53.6 Å². The van der Waals surface area contributed by atoms with Gasteiger partial charge in [-0.05, 0) is 72.8 Å². The van der Waals surface area contributed by atoms with Crippen LogP contribution in [0.25, 0.3) is 0 Å². The quantitative estimate of drug-likeness (QED) is 0.138. The molecule has 0 bridgehead atoms. The molecule has 0 unspecified atom stereocenters. The number of benzene rings is 4. The summed E-state index contributed by atoms with van der Waals surface area (Å²) < 4.78 is 0. The fourth-order valence-corrected chi connectivity index (χ4v) is 3.26. The van der Waals surface area contributed by atoms with Crippen LogP contribution in [0.15, 0.2) is 78.9 Å². The van der Waals surface area contributed by atoms with Crippen molar-refractivity contribution in [3.05, 3.63) is 112 Å². The molecule has 4 aromatic rings. The van der Waals surface area contributed by atoms with Gasteiger partial charge in [0.25, 0.3) is 0 Å². The third-order valence-corrected chi connectivity index (χ3v) is 5.45. The van der Waals surface area contributed by atoms with Crippen molar-refractivity contribution < 1.29 is 54.6 Å². The molecule has 14 N–H and O–H groups in total. The van der Waals surface area contributed by atoms with Gasteiger partial charge >= 0.3 is 29.8 Å². The number of aromatic carboxylic acids is 5. The summed E-state index contributed by atoms with van der Waals surface area (Å²) in [7, 11) is 0. The lowest BCUT2D eigenvalue weighted by molar-refractivity contribution is 0.0651. The van der Waals surface area contributed by atoms with Crippen molar-refractivity contribution in [3.8, 4) is 5.75 Å². The van der Waals surface area contributed by atoms with Crippen molar-refractivity contribution in [2.75, 3.05) is 22.9 Å². The molecular weight excluding hydrogens is 616 g/mol. The highest BCUT2D eigenvalue weighted by Gasteiger charge is 2.15. The van der Waals surface area contributed by atoms with Crippen LogP contribution in [0, 0.1) is 0 Å². The molecule has 4 aromatic carbocycles. The summed E-state index contributed by atoms with van der Waals surface area (Å²) in [5, 5.41) is 51.8. The molecule has 0 aliphatic heterocycles. The standard InChI is InChI=1S/C8H7NO4.C7H6ClNO2.C7H7NO3.C7H7NO2/c9-4-1-2-5(7(10)11)6(3-4)8(12)13;8-6-3-4(9)1-2-5(6)7(10)11;8-4-1-2-5(7(10)11)6(9)3-4;8-6-3-1-5(2-4-6)7(9)10/h1-3H,9H2,(H,10,11)(H,12,13);1-3H,9H2,(H,10,11);1-3,9H,8H2,(H,10,11);1-4H,8H2,(H,9,10). The van der Waals surface area contributed by atoms with Gasteiger partial charge in [0, 0.05) is 28.8 Å². The molecule has 16 heteroatoms. The zero-order valence-electron chi connectivity index (χ0n) is 22.9. The van der Waals surface area contributed by atoms with Crippen molar-refractivity contribution >= 4 is 64.2 Å². The second-order valence-electron chi connectivity index (χ2n) is 8.47. The Morgan fingerprint density at radius 3 is 1.22 bits per heavy atom. The largest absolute Gasteiger partial charge is 0.507 e. The molecule has 0 radical (unpaired) electrons. The molecular formula is C29H27ClN4O11. The summed E-state index contributed by atoms with van der Waals surface area (Å²) in [5.41, 5.74) is 22.5. The van der Waals surface area contributed by atoms with E-state index in [2.05, 4.69) is 0 Å². The van der Waals surface area contributed by atoms with Crippen LogP contribution in [0.2, 0.25) is 5.02 Å². The van der Waals surface area contributed by atoms with E-state index >= 15 is 0 Å². The van der Waals surface area contributed by atoms with Gasteiger partial charge in [-0.25, -0.2) is 24.0 Å². The summed E-state index contributed by atoms with van der Waals surface area (Å²) in [6.07, 6.45) is 0. The summed E-state index contributed by atoms with van der Waals surface area (Å²) in [4.78, 5) is 52.1. The van der Waals surface area contributed by atoms with E-state index < -0.39 is 29.8 Å². The van der Waals surface area contributed by atoms with Crippen LogP contribution in [-0.4, -0.2) is 60.5 Å². The number of aromatic hydroxyl groups is 1. The lowest BCUT2D eigenvalue weighted by atomic mass is 10.1. The first-order valence-electron chi connectivity index (χ1n) is 12.0. The first kappa shape index (κ1) is 36.5. The van der Waals surface area contributed by atoms with E-state index in [-0.39, 0.29) is 44.3 Å². The molecule has 0 aliphatic rings. The van der Waals surface area contributed by atoms with E-state index in [1.165, 1.54) is 60.7 Å². The average Bonchev–Trinajstić information content (AvgIpc) is 2.93. The predicted molar refractivity (Wildman–Crippen MR) is 165 cm³/mol. The van der Waals surface area contributed by atoms with Crippen LogP contribution >= 0.6 is 11.6 Å². The first-order valence-corrected chi connectivity index (χ1v) is 12.4. The Bertz CT molecular complexity index is 1650. The number of anilines is 4. The van der Waals surface area contributed by atoms with Gasteiger partial charge in [0.2, 0.25) is 0 Å². The SMILES string of the molecule is Nc1ccc(C(=O)O)c(C(=O)O)c1.Nc1ccc(C(=O)O)c(Cl)c1.Nc1ccc(C(=O)O)c(O)c1.Nc1ccc(C(=O)O)cc1. The van der Waals surface area contributed by atoms with E-state index in [0.717, 1.165) is 6.07 Å². The number of carboxylic acids is 5. The highest BCUT2D eigenvalue weighted by Crippen LogP contribution is 2.20. The summed E-state index contributed by atoms with van der Waals surface area (Å²) >= 11 is 5.56. The highest BCUT2D eigenvalue weighted by atomic mass is 35.5. The van der Waals surface area contributed by atoms with Gasteiger partial charge in [-0.1, -0.05) is 11.6 Å². The van der Waals surface area contributed by atoms with Gasteiger partial charge in [0.05, 0.1) is 27.3 Å². The number of phenols is 1. The highest BCUT2D eigenvalue weighted by molar-refractivity contribution is 6.33. The molecule has 0 saturated heterocycles. The Hall–Kier alpha value is -6.48. The van der Waals surface area contributed by atoms with Gasteiger partial charge in [0.15, 0.2) is 0 Å². The minimum atomic E-state index is -1.30. The molecule has 0 amide bonds. The van der Waals surface area contributed by atoms with Gasteiger partial charge in [-0.3, -0.25) is 0 Å². The normalized spacial score (nSPS) is 9.44. The Morgan fingerprint density at radius 2 is 0.822 bits per heavy atom. The zero-order valence-corrected chi connectivity index (χ0v) is 23.7. The van der Waals surface area contributed by atoms with Crippen LogP contribution in [0.1, 0.15) is 51.8 Å². The number of rotatable bonds is 5. The number of carbonyl (C=O) groups is 5. The number of nitrogens with two attached hydrogens (primary N) is 4. The molecule has 15 nitrogen and oxygen atoms in total. The number of hydrogen-bond donors (Lipinski definition) is 10. The van der Waals surface area contributed by atoms with Crippen molar-refractivity contribution in [2.24, 2.45) is 0 Å². The number of halogens is 1. The van der Waals surface area contributed by atoms with Gasteiger partial charge in [-0.15, -0.1) is 0 Å². The molecule has 0 atom stereocenters. The minimum Gasteiger partial charge on any atom is -0.507 e. The first-order chi connectivity index (χ1) is 20.9. The molecule has 236 valence electrons. The number of nitrogen functional groups attached to an aromatic ring is 4. The minimum absolute atomic E-state index is 0.0702. The zero-order chi connectivity index (χ0) is 34.4. The average molecular weight is 643 g/mol. The third-order valence-electron chi connectivity index (χ3n) is 5.14. The second kappa shape index (κ2) is 16.8. The lowest BCUT2D eigenvalue weighted by Gasteiger charge is -2.01. The maximum Gasteiger partial charge on any atom is 0.339 e.